The maximum Gasteiger partial charge on any atom is 0.306 e. The van der Waals surface area contributed by atoms with E-state index in [-0.39, 0.29) is 93.5 Å². The summed E-state index contributed by atoms with van der Waals surface area (Å²) in [7, 11) is 0. The second-order valence-corrected chi connectivity index (χ2v) is 10.9. The van der Waals surface area contributed by atoms with Gasteiger partial charge in [-0.25, -0.2) is 0 Å². The van der Waals surface area contributed by atoms with Gasteiger partial charge in [0.15, 0.2) is 0 Å². The predicted molar refractivity (Wildman–Crippen MR) is 149 cm³/mol. The fraction of sp³-hybridized carbons (Fsp3) is 0.714. The summed E-state index contributed by atoms with van der Waals surface area (Å²) in [6.07, 6.45) is -0.835. The van der Waals surface area contributed by atoms with Crippen LogP contribution in [0, 0.1) is 47.3 Å². The first kappa shape index (κ1) is 50.0. The van der Waals surface area contributed by atoms with Crippen LogP contribution in [-0.2, 0) is 80.5 Å². The van der Waals surface area contributed by atoms with Crippen LogP contribution in [0.5, 0.6) is 0 Å². The molecule has 0 saturated heterocycles. The molecule has 0 rings (SSSR count). The molecule has 8 atom stereocenters. The van der Waals surface area contributed by atoms with Crippen LogP contribution in [0.15, 0.2) is 0 Å². The Morgan fingerprint density at radius 3 is 0.674 bits per heavy atom. The molecular formula is C28H44O16Pt2. The summed E-state index contributed by atoms with van der Waals surface area (Å²) in [6, 6.07) is 0. The SMILES string of the molecule is CCC(CC(CC(CC(C)C(=O)O)C(=O)O)C(=O)O)C(=O)O.CCC(CC(CC(CC(C)C(=O)O)C(=O)O)C(=O)O)C(=O)O.[Pt].[Pt]. The van der Waals surface area contributed by atoms with E-state index in [1.807, 2.05) is 0 Å². The Labute approximate surface area is 294 Å². The van der Waals surface area contributed by atoms with Crippen LogP contribution in [-0.4, -0.2) is 88.6 Å². The van der Waals surface area contributed by atoms with Gasteiger partial charge in [0.05, 0.1) is 47.3 Å². The summed E-state index contributed by atoms with van der Waals surface area (Å²) in [6.45, 7) is 5.91. The molecule has 0 heterocycles. The zero-order valence-electron chi connectivity index (χ0n) is 25.8. The summed E-state index contributed by atoms with van der Waals surface area (Å²) in [5.41, 5.74) is 0. The van der Waals surface area contributed by atoms with Crippen molar-refractivity contribution in [3.63, 3.8) is 0 Å². The van der Waals surface area contributed by atoms with Crippen LogP contribution in [0.1, 0.15) is 79.1 Å². The van der Waals surface area contributed by atoms with E-state index < -0.39 is 95.1 Å². The van der Waals surface area contributed by atoms with Gasteiger partial charge >= 0.3 is 47.8 Å². The molecule has 0 spiro atoms. The van der Waals surface area contributed by atoms with Gasteiger partial charge in [0.2, 0.25) is 0 Å². The molecule has 0 fully saturated rings. The molecule has 46 heavy (non-hydrogen) atoms. The van der Waals surface area contributed by atoms with Gasteiger partial charge in [0, 0.05) is 42.1 Å². The van der Waals surface area contributed by atoms with E-state index in [4.69, 9.17) is 30.6 Å². The molecule has 0 aromatic carbocycles. The molecule has 0 aliphatic heterocycles. The van der Waals surface area contributed by atoms with Gasteiger partial charge in [-0.2, -0.15) is 0 Å². The third-order valence-corrected chi connectivity index (χ3v) is 7.48. The molecule has 0 radical (unpaired) electrons. The minimum Gasteiger partial charge on any atom is -0.481 e. The standard InChI is InChI=1S/2C14H22O8.2Pt/c2*1-3-8(12(17)18)5-10(14(21)22)6-9(13(19)20)4-7(2)11(15)16;;/h2*7-10H,3-6H2,1-2H3,(H,15,16)(H,17,18)(H,19,20)(H,21,22);;. The molecule has 8 N–H and O–H groups in total. The van der Waals surface area contributed by atoms with E-state index >= 15 is 0 Å². The summed E-state index contributed by atoms with van der Waals surface area (Å²) in [4.78, 5) is 88.5. The molecular weight excluding hydrogens is 982 g/mol. The Morgan fingerprint density at radius 1 is 0.348 bits per heavy atom. The van der Waals surface area contributed by atoms with Crippen molar-refractivity contribution in [3.05, 3.63) is 0 Å². The van der Waals surface area contributed by atoms with E-state index in [9.17, 15) is 48.6 Å². The van der Waals surface area contributed by atoms with Crippen molar-refractivity contribution in [1.29, 1.82) is 0 Å². The van der Waals surface area contributed by atoms with Gasteiger partial charge < -0.3 is 40.9 Å². The van der Waals surface area contributed by atoms with E-state index in [2.05, 4.69) is 0 Å². The molecule has 18 heteroatoms. The van der Waals surface area contributed by atoms with E-state index in [0.717, 1.165) is 0 Å². The summed E-state index contributed by atoms with van der Waals surface area (Å²) >= 11 is 0. The second kappa shape index (κ2) is 25.3. The first-order chi connectivity index (χ1) is 20.2. The van der Waals surface area contributed by atoms with Crippen LogP contribution >= 0.6 is 0 Å². The van der Waals surface area contributed by atoms with Gasteiger partial charge in [-0.05, 0) is 51.4 Å². The smallest absolute Gasteiger partial charge is 0.306 e. The number of hydrogen-bond acceptors (Lipinski definition) is 8. The van der Waals surface area contributed by atoms with Crippen molar-refractivity contribution in [2.75, 3.05) is 0 Å². The van der Waals surface area contributed by atoms with E-state index in [0.29, 0.717) is 0 Å². The number of carbonyl (C=O) groups is 8. The van der Waals surface area contributed by atoms with E-state index in [1.165, 1.54) is 13.8 Å². The molecule has 0 aromatic rings. The maximum absolute atomic E-state index is 11.2. The zero-order chi connectivity index (χ0) is 34.9. The molecule has 8 unspecified atom stereocenters. The Hall–Kier alpha value is -2.86. The number of aliphatic carboxylic acids is 8. The van der Waals surface area contributed by atoms with Crippen LogP contribution in [0.4, 0.5) is 0 Å². The molecule has 272 valence electrons. The van der Waals surface area contributed by atoms with Gasteiger partial charge in [-0.1, -0.05) is 27.7 Å². The van der Waals surface area contributed by atoms with Gasteiger partial charge in [-0.3, -0.25) is 38.4 Å². The van der Waals surface area contributed by atoms with Crippen molar-refractivity contribution in [1.82, 2.24) is 0 Å². The van der Waals surface area contributed by atoms with Crippen molar-refractivity contribution in [3.8, 4) is 0 Å². The summed E-state index contributed by atoms with van der Waals surface area (Å²) < 4.78 is 0. The maximum atomic E-state index is 11.2. The average molecular weight is 1030 g/mol. The number of carboxylic acids is 8. The normalized spacial score (nSPS) is 15.6. The Kier molecular flexibility index (Phi) is 27.5. The number of rotatable bonds is 22. The van der Waals surface area contributed by atoms with E-state index in [1.54, 1.807) is 13.8 Å². The average Bonchev–Trinajstić information content (AvgIpc) is 2.90. The largest absolute Gasteiger partial charge is 0.481 e. The predicted octanol–water partition coefficient (Wildman–Crippen LogP) is 2.77. The van der Waals surface area contributed by atoms with Crippen LogP contribution in [0.25, 0.3) is 0 Å². The molecule has 0 amide bonds. The van der Waals surface area contributed by atoms with Crippen LogP contribution < -0.4 is 0 Å². The minimum atomic E-state index is -1.28. The van der Waals surface area contributed by atoms with Crippen molar-refractivity contribution in [2.24, 2.45) is 47.3 Å². The molecule has 16 nitrogen and oxygen atoms in total. The molecule has 0 saturated carbocycles. The third kappa shape index (κ3) is 20.3. The molecule has 0 bridgehead atoms. The van der Waals surface area contributed by atoms with Gasteiger partial charge in [0.1, 0.15) is 0 Å². The topological polar surface area (TPSA) is 298 Å². The molecule has 0 aromatic heterocycles. The fourth-order valence-corrected chi connectivity index (χ4v) is 4.50. The Bertz CT molecular complexity index is 953. The van der Waals surface area contributed by atoms with Crippen molar-refractivity contribution in [2.45, 2.75) is 79.1 Å². The number of carboxylic acid groups (broad SMARTS) is 8. The Balaban J connectivity index is -0.000000367. The van der Waals surface area contributed by atoms with Crippen molar-refractivity contribution >= 4 is 47.8 Å². The third-order valence-electron chi connectivity index (χ3n) is 7.48. The number of hydrogen-bond donors (Lipinski definition) is 8. The molecule has 0 aliphatic rings. The summed E-state index contributed by atoms with van der Waals surface area (Å²) in [5.74, 6) is -17.8. The first-order valence-corrected chi connectivity index (χ1v) is 14.0. The molecule has 0 aliphatic carbocycles. The van der Waals surface area contributed by atoms with Crippen LogP contribution in [0.3, 0.4) is 0 Å². The minimum absolute atomic E-state index is 0. The second-order valence-electron chi connectivity index (χ2n) is 10.9. The van der Waals surface area contributed by atoms with Gasteiger partial charge in [0.25, 0.3) is 0 Å². The monoisotopic (exact) mass is 1030 g/mol. The fourth-order valence-electron chi connectivity index (χ4n) is 4.50. The van der Waals surface area contributed by atoms with Gasteiger partial charge in [-0.15, -0.1) is 0 Å². The quantitative estimate of drug-likeness (QED) is 0.0774. The van der Waals surface area contributed by atoms with Crippen LogP contribution in [0.2, 0.25) is 0 Å². The first-order valence-electron chi connectivity index (χ1n) is 14.0. The zero-order valence-corrected chi connectivity index (χ0v) is 30.3. The van der Waals surface area contributed by atoms with Crippen molar-refractivity contribution < 1.29 is 121 Å². The Morgan fingerprint density at radius 2 is 0.522 bits per heavy atom. The summed E-state index contributed by atoms with van der Waals surface area (Å²) in [5, 5.41) is 72.2.